The lowest BCUT2D eigenvalue weighted by Gasteiger charge is -2.30. The van der Waals surface area contributed by atoms with Crippen molar-refractivity contribution in [2.75, 3.05) is 46.5 Å². The van der Waals surface area contributed by atoms with Crippen LogP contribution in [0.1, 0.15) is 22.0 Å². The van der Waals surface area contributed by atoms with E-state index in [1.54, 1.807) is 24.3 Å². The van der Waals surface area contributed by atoms with Crippen molar-refractivity contribution >= 4 is 17.5 Å². The Morgan fingerprint density at radius 2 is 1.75 bits per heavy atom. The van der Waals surface area contributed by atoms with Gasteiger partial charge in [0.1, 0.15) is 30.6 Å². The Hall–Kier alpha value is -3.10. The summed E-state index contributed by atoms with van der Waals surface area (Å²) in [6.45, 7) is 3.93. The number of hydrogen-bond donors (Lipinski definition) is 1. The zero-order valence-corrected chi connectivity index (χ0v) is 17.9. The second kappa shape index (κ2) is 9.58. The minimum absolute atomic E-state index is 0.324. The van der Waals surface area contributed by atoms with Crippen molar-refractivity contribution < 1.29 is 33.1 Å². The van der Waals surface area contributed by atoms with E-state index < -0.39 is 35.3 Å². The van der Waals surface area contributed by atoms with Gasteiger partial charge in [0.25, 0.3) is 5.91 Å². The molecule has 7 nitrogen and oxygen atoms in total. The highest BCUT2D eigenvalue weighted by Crippen LogP contribution is 2.38. The molecule has 2 heterocycles. The quantitative estimate of drug-likeness (QED) is 0.389. The lowest BCUT2D eigenvalue weighted by molar-refractivity contribution is -0.907. The van der Waals surface area contributed by atoms with Gasteiger partial charge in [-0.25, -0.2) is 4.39 Å². The fraction of sp³-hybridized carbons (Fsp3) is 0.375. The molecule has 0 aromatic heterocycles. The number of halogens is 1. The summed E-state index contributed by atoms with van der Waals surface area (Å²) in [4.78, 5) is 42.1. The van der Waals surface area contributed by atoms with Crippen molar-refractivity contribution in [3.8, 4) is 5.75 Å². The number of carbonyl (C=O) groups is 3. The number of likely N-dealkylation sites (tertiary alicyclic amines) is 1. The minimum Gasteiger partial charge on any atom is -0.497 e. The van der Waals surface area contributed by atoms with Gasteiger partial charge < -0.3 is 19.3 Å². The standard InChI is InChI=1S/C24H25FN2O5/c1-31-19-8-4-17(5-9-19)22(28)20-21(16-2-6-18(25)7-3-16)27(24(30)23(20)29)11-10-26-12-14-32-15-13-26/h2-9,20-21H,10-15H2,1H3/p+1. The lowest BCUT2D eigenvalue weighted by atomic mass is 9.86. The van der Waals surface area contributed by atoms with E-state index in [1.165, 1.54) is 41.2 Å². The van der Waals surface area contributed by atoms with Gasteiger partial charge in [0.15, 0.2) is 5.78 Å². The number of morpholine rings is 1. The van der Waals surface area contributed by atoms with Crippen LogP contribution in [0.25, 0.3) is 0 Å². The van der Waals surface area contributed by atoms with E-state index in [1.807, 2.05) is 0 Å². The number of ketones is 2. The Labute approximate surface area is 185 Å². The summed E-state index contributed by atoms with van der Waals surface area (Å²) >= 11 is 0. The number of amides is 1. The monoisotopic (exact) mass is 441 g/mol. The summed E-state index contributed by atoms with van der Waals surface area (Å²) in [5.74, 6) is -2.84. The molecule has 2 atom stereocenters. The number of nitrogens with zero attached hydrogens (tertiary/aromatic N) is 1. The molecule has 2 aliphatic rings. The van der Waals surface area contributed by atoms with Crippen LogP contribution < -0.4 is 9.64 Å². The van der Waals surface area contributed by atoms with Crippen LogP contribution in [0.2, 0.25) is 0 Å². The Morgan fingerprint density at radius 1 is 1.09 bits per heavy atom. The molecule has 1 amide bonds. The molecule has 2 aliphatic heterocycles. The van der Waals surface area contributed by atoms with Gasteiger partial charge in [-0.05, 0) is 42.0 Å². The van der Waals surface area contributed by atoms with E-state index in [0.29, 0.717) is 43.2 Å². The lowest BCUT2D eigenvalue weighted by Crippen LogP contribution is -3.14. The Balaban J connectivity index is 1.64. The predicted octanol–water partition coefficient (Wildman–Crippen LogP) is 0.701. The summed E-state index contributed by atoms with van der Waals surface area (Å²) in [6, 6.07) is 11.3. The zero-order chi connectivity index (χ0) is 22.7. The molecule has 0 bridgehead atoms. The zero-order valence-electron chi connectivity index (χ0n) is 17.9. The number of benzene rings is 2. The molecule has 1 N–H and O–H groups in total. The molecule has 168 valence electrons. The van der Waals surface area contributed by atoms with Crippen molar-refractivity contribution in [1.82, 2.24) is 4.90 Å². The van der Waals surface area contributed by atoms with Crippen LogP contribution in [-0.4, -0.2) is 68.9 Å². The van der Waals surface area contributed by atoms with Gasteiger partial charge in [-0.15, -0.1) is 0 Å². The maximum atomic E-state index is 13.6. The molecule has 0 aliphatic carbocycles. The maximum Gasteiger partial charge on any atom is 0.291 e. The van der Waals surface area contributed by atoms with Gasteiger partial charge in [-0.3, -0.25) is 14.4 Å². The van der Waals surface area contributed by atoms with E-state index in [2.05, 4.69) is 0 Å². The number of hydrogen-bond acceptors (Lipinski definition) is 5. The summed E-state index contributed by atoms with van der Waals surface area (Å²) in [5, 5.41) is 0. The second-order valence-electron chi connectivity index (χ2n) is 8.04. The summed E-state index contributed by atoms with van der Waals surface area (Å²) < 4.78 is 24.1. The fourth-order valence-corrected chi connectivity index (χ4v) is 4.38. The van der Waals surface area contributed by atoms with E-state index >= 15 is 0 Å². The highest BCUT2D eigenvalue weighted by atomic mass is 19.1. The minimum atomic E-state index is -1.18. The van der Waals surface area contributed by atoms with Crippen LogP contribution in [0.15, 0.2) is 48.5 Å². The van der Waals surface area contributed by atoms with Gasteiger partial charge in [0, 0.05) is 5.56 Å². The maximum absolute atomic E-state index is 13.6. The molecule has 8 heteroatoms. The molecule has 2 aromatic carbocycles. The number of ether oxygens (including phenoxy) is 2. The smallest absolute Gasteiger partial charge is 0.291 e. The topological polar surface area (TPSA) is 77.4 Å². The van der Waals surface area contributed by atoms with Crippen molar-refractivity contribution in [2.24, 2.45) is 5.92 Å². The normalized spacial score (nSPS) is 21.8. The van der Waals surface area contributed by atoms with Gasteiger partial charge in [0.2, 0.25) is 5.78 Å². The largest absolute Gasteiger partial charge is 0.497 e. The van der Waals surface area contributed by atoms with Crippen molar-refractivity contribution in [3.05, 3.63) is 65.5 Å². The SMILES string of the molecule is COc1ccc(C(=O)C2C(=O)C(=O)N(CC[NH+]3CCOCC3)C2c2ccc(F)cc2)cc1. The van der Waals surface area contributed by atoms with Gasteiger partial charge >= 0.3 is 0 Å². The number of methoxy groups -OCH3 is 1. The summed E-state index contributed by atoms with van der Waals surface area (Å²) in [7, 11) is 1.52. The van der Waals surface area contributed by atoms with E-state index in [9.17, 15) is 18.8 Å². The van der Waals surface area contributed by atoms with Crippen molar-refractivity contribution in [3.63, 3.8) is 0 Å². The molecule has 2 fully saturated rings. The Morgan fingerprint density at radius 3 is 2.38 bits per heavy atom. The average Bonchev–Trinajstić information content (AvgIpc) is 3.08. The molecular weight excluding hydrogens is 415 g/mol. The van der Waals surface area contributed by atoms with Crippen LogP contribution in [-0.2, 0) is 14.3 Å². The molecule has 32 heavy (non-hydrogen) atoms. The van der Waals surface area contributed by atoms with Crippen molar-refractivity contribution in [1.29, 1.82) is 0 Å². The number of quaternary nitrogens is 1. The number of carbonyl (C=O) groups excluding carboxylic acids is 3. The van der Waals surface area contributed by atoms with Crippen LogP contribution in [0.5, 0.6) is 5.75 Å². The first kappa shape index (κ1) is 22.1. The Kier molecular flexibility index (Phi) is 6.62. The third-order valence-corrected chi connectivity index (χ3v) is 6.18. The van der Waals surface area contributed by atoms with E-state index in [0.717, 1.165) is 13.1 Å². The molecule has 0 radical (unpaired) electrons. The van der Waals surface area contributed by atoms with Crippen LogP contribution >= 0.6 is 0 Å². The highest BCUT2D eigenvalue weighted by Gasteiger charge is 2.51. The van der Waals surface area contributed by atoms with Crippen LogP contribution in [0.4, 0.5) is 4.39 Å². The first-order valence-corrected chi connectivity index (χ1v) is 10.7. The third-order valence-electron chi connectivity index (χ3n) is 6.18. The predicted molar refractivity (Wildman–Crippen MR) is 113 cm³/mol. The summed E-state index contributed by atoms with van der Waals surface area (Å²) in [6.07, 6.45) is 0. The number of Topliss-reactive ketones (excluding diaryl/α,β-unsaturated/α-hetero) is 2. The molecular formula is C24H26FN2O5+. The number of rotatable bonds is 7. The number of nitrogens with one attached hydrogen (secondary N) is 1. The van der Waals surface area contributed by atoms with Crippen molar-refractivity contribution in [2.45, 2.75) is 6.04 Å². The summed E-state index contributed by atoms with van der Waals surface area (Å²) in [5.41, 5.74) is 0.888. The van der Waals surface area contributed by atoms with Gasteiger partial charge in [-0.1, -0.05) is 12.1 Å². The molecule has 0 saturated carbocycles. The molecule has 2 unspecified atom stereocenters. The van der Waals surface area contributed by atoms with Gasteiger partial charge in [0.05, 0.1) is 39.5 Å². The molecule has 4 rings (SSSR count). The van der Waals surface area contributed by atoms with Gasteiger partial charge in [-0.2, -0.15) is 0 Å². The first-order chi connectivity index (χ1) is 15.5. The second-order valence-corrected chi connectivity index (χ2v) is 8.04. The molecule has 0 spiro atoms. The molecule has 2 saturated heterocycles. The van der Waals surface area contributed by atoms with Crippen LogP contribution in [0.3, 0.4) is 0 Å². The average molecular weight is 441 g/mol. The first-order valence-electron chi connectivity index (χ1n) is 10.7. The van der Waals surface area contributed by atoms with Crippen LogP contribution in [0, 0.1) is 11.7 Å². The highest BCUT2D eigenvalue weighted by molar-refractivity contribution is 6.44. The molecule has 2 aromatic rings. The third kappa shape index (κ3) is 4.42. The van der Waals surface area contributed by atoms with E-state index in [4.69, 9.17) is 9.47 Å². The Bertz CT molecular complexity index is 986. The van der Waals surface area contributed by atoms with E-state index in [-0.39, 0.29) is 0 Å². The fourth-order valence-electron chi connectivity index (χ4n) is 4.38.